The van der Waals surface area contributed by atoms with Crippen molar-refractivity contribution in [3.8, 4) is 0 Å². The Morgan fingerprint density at radius 1 is 1.26 bits per heavy atom. The van der Waals surface area contributed by atoms with Crippen molar-refractivity contribution in [2.24, 2.45) is 0 Å². The minimum absolute atomic E-state index is 0.0563. The monoisotopic (exact) mass is 356 g/mol. The standard InChI is InChI=1S/C16H28N4OS2/c1-3-18(4-2)9-8-12-20-14(17)13(23-16(20)22)15(21)19-10-6-5-7-11-19/h3-12,17H2,1-2H3. The lowest BCUT2D eigenvalue weighted by molar-refractivity contribution is 0.0730. The Morgan fingerprint density at radius 3 is 2.52 bits per heavy atom. The molecule has 0 aliphatic carbocycles. The first kappa shape index (κ1) is 18.4. The summed E-state index contributed by atoms with van der Waals surface area (Å²) in [5, 5.41) is 0. The van der Waals surface area contributed by atoms with Crippen LogP contribution in [0.3, 0.4) is 0 Å². The summed E-state index contributed by atoms with van der Waals surface area (Å²) in [6.07, 6.45) is 4.37. The lowest BCUT2D eigenvalue weighted by atomic mass is 10.1. The summed E-state index contributed by atoms with van der Waals surface area (Å²) < 4.78 is 2.64. The highest BCUT2D eigenvalue weighted by atomic mass is 32.1. The molecule has 0 unspecified atom stereocenters. The van der Waals surface area contributed by atoms with Crippen LogP contribution in [0.5, 0.6) is 0 Å². The molecule has 2 heterocycles. The third kappa shape index (κ3) is 4.55. The van der Waals surface area contributed by atoms with Gasteiger partial charge in [0.05, 0.1) is 0 Å². The number of rotatable bonds is 7. The maximum absolute atomic E-state index is 12.6. The van der Waals surface area contributed by atoms with Crippen LogP contribution in [0.15, 0.2) is 0 Å². The predicted molar refractivity (Wildman–Crippen MR) is 99.7 cm³/mol. The van der Waals surface area contributed by atoms with Gasteiger partial charge in [0.15, 0.2) is 3.95 Å². The van der Waals surface area contributed by atoms with E-state index in [1.54, 1.807) is 0 Å². The van der Waals surface area contributed by atoms with Crippen LogP contribution in [-0.2, 0) is 6.54 Å². The second-order valence-electron chi connectivity index (χ2n) is 5.97. The number of piperidine rings is 1. The van der Waals surface area contributed by atoms with E-state index in [4.69, 9.17) is 18.0 Å². The van der Waals surface area contributed by atoms with Crippen LogP contribution in [-0.4, -0.2) is 53.0 Å². The first-order chi connectivity index (χ1) is 11.1. The van der Waals surface area contributed by atoms with Crippen molar-refractivity contribution in [3.63, 3.8) is 0 Å². The summed E-state index contributed by atoms with van der Waals surface area (Å²) in [4.78, 5) is 17.6. The molecule has 1 amide bonds. The molecule has 1 fully saturated rings. The minimum Gasteiger partial charge on any atom is -0.384 e. The second-order valence-corrected chi connectivity index (χ2v) is 7.61. The van der Waals surface area contributed by atoms with Gasteiger partial charge < -0.3 is 20.1 Å². The molecule has 5 nitrogen and oxygen atoms in total. The number of nitrogen functional groups attached to an aromatic ring is 1. The fourth-order valence-electron chi connectivity index (χ4n) is 3.01. The summed E-state index contributed by atoms with van der Waals surface area (Å²) >= 11 is 6.80. The van der Waals surface area contributed by atoms with Crippen molar-refractivity contribution in [2.75, 3.05) is 38.5 Å². The third-order valence-electron chi connectivity index (χ3n) is 4.52. The molecule has 1 aromatic heterocycles. The first-order valence-corrected chi connectivity index (χ1v) is 9.81. The molecule has 1 aliphatic heterocycles. The number of carbonyl (C=O) groups excluding carboxylic acids is 1. The first-order valence-electron chi connectivity index (χ1n) is 8.59. The van der Waals surface area contributed by atoms with Gasteiger partial charge in [-0.3, -0.25) is 4.79 Å². The minimum atomic E-state index is 0.0563. The Kier molecular flexibility index (Phi) is 7.05. The van der Waals surface area contributed by atoms with E-state index in [1.165, 1.54) is 17.8 Å². The largest absolute Gasteiger partial charge is 0.384 e. The maximum atomic E-state index is 12.6. The average molecular weight is 357 g/mol. The van der Waals surface area contributed by atoms with Crippen LogP contribution in [0.4, 0.5) is 5.82 Å². The zero-order valence-corrected chi connectivity index (χ0v) is 15.8. The molecule has 0 aromatic carbocycles. The van der Waals surface area contributed by atoms with E-state index in [2.05, 4.69) is 18.7 Å². The second kappa shape index (κ2) is 8.80. The molecule has 2 N–H and O–H groups in total. The van der Waals surface area contributed by atoms with Gasteiger partial charge >= 0.3 is 0 Å². The number of hydrogen-bond donors (Lipinski definition) is 1. The number of thiazole rings is 1. The van der Waals surface area contributed by atoms with Crippen molar-refractivity contribution in [1.29, 1.82) is 0 Å². The van der Waals surface area contributed by atoms with Crippen molar-refractivity contribution in [3.05, 3.63) is 8.83 Å². The van der Waals surface area contributed by atoms with E-state index in [-0.39, 0.29) is 5.91 Å². The zero-order chi connectivity index (χ0) is 16.8. The highest BCUT2D eigenvalue weighted by Crippen LogP contribution is 2.25. The Hall–Kier alpha value is -0.920. The van der Waals surface area contributed by atoms with Crippen LogP contribution < -0.4 is 5.73 Å². The van der Waals surface area contributed by atoms with E-state index in [0.717, 1.165) is 58.5 Å². The number of aromatic nitrogens is 1. The molecule has 2 rings (SSSR count). The van der Waals surface area contributed by atoms with Crippen molar-refractivity contribution < 1.29 is 4.79 Å². The number of carbonyl (C=O) groups is 1. The fourth-order valence-corrected chi connectivity index (χ4v) is 4.36. The van der Waals surface area contributed by atoms with E-state index in [0.29, 0.717) is 14.6 Å². The molecule has 0 saturated carbocycles. The van der Waals surface area contributed by atoms with Gasteiger partial charge in [0.25, 0.3) is 5.91 Å². The third-order valence-corrected chi connectivity index (χ3v) is 5.97. The van der Waals surface area contributed by atoms with Crippen molar-refractivity contribution in [2.45, 2.75) is 46.1 Å². The normalized spacial score (nSPS) is 15.3. The smallest absolute Gasteiger partial charge is 0.267 e. The molecular formula is C16H28N4OS2. The van der Waals surface area contributed by atoms with Crippen LogP contribution in [0.25, 0.3) is 0 Å². The number of nitrogens with zero attached hydrogens (tertiary/aromatic N) is 3. The highest BCUT2D eigenvalue weighted by Gasteiger charge is 2.23. The van der Waals surface area contributed by atoms with Gasteiger partial charge in [-0.2, -0.15) is 0 Å². The summed E-state index contributed by atoms with van der Waals surface area (Å²) in [5.74, 6) is 0.607. The van der Waals surface area contributed by atoms with E-state index in [9.17, 15) is 4.79 Å². The molecule has 130 valence electrons. The highest BCUT2D eigenvalue weighted by molar-refractivity contribution is 7.73. The molecule has 0 bridgehead atoms. The van der Waals surface area contributed by atoms with Gasteiger partial charge in [-0.1, -0.05) is 25.2 Å². The Labute approximate surface area is 148 Å². The number of nitrogens with two attached hydrogens (primary N) is 1. The molecule has 7 heteroatoms. The summed E-state index contributed by atoms with van der Waals surface area (Å²) in [6, 6.07) is 0. The molecule has 1 aliphatic rings. The van der Waals surface area contributed by atoms with Crippen LogP contribution >= 0.6 is 23.6 Å². The van der Waals surface area contributed by atoms with Crippen LogP contribution in [0.2, 0.25) is 0 Å². The maximum Gasteiger partial charge on any atom is 0.267 e. The predicted octanol–water partition coefficient (Wildman–Crippen LogP) is 3.22. The van der Waals surface area contributed by atoms with Gasteiger partial charge in [0, 0.05) is 19.6 Å². The van der Waals surface area contributed by atoms with E-state index in [1.807, 2.05) is 9.47 Å². The average Bonchev–Trinajstić information content (AvgIpc) is 2.86. The quantitative estimate of drug-likeness (QED) is 0.762. The van der Waals surface area contributed by atoms with Gasteiger partial charge in [-0.25, -0.2) is 0 Å². The molecule has 0 radical (unpaired) electrons. The van der Waals surface area contributed by atoms with E-state index < -0.39 is 0 Å². The van der Waals surface area contributed by atoms with Gasteiger partial charge in [-0.05, 0) is 57.5 Å². The Morgan fingerprint density at radius 2 is 1.91 bits per heavy atom. The summed E-state index contributed by atoms with van der Waals surface area (Å²) in [6.45, 7) is 9.94. The topological polar surface area (TPSA) is 54.5 Å². The van der Waals surface area contributed by atoms with Crippen molar-refractivity contribution >= 4 is 35.3 Å². The van der Waals surface area contributed by atoms with Crippen LogP contribution in [0.1, 0.15) is 49.2 Å². The zero-order valence-electron chi connectivity index (χ0n) is 14.2. The van der Waals surface area contributed by atoms with Gasteiger partial charge in [-0.15, -0.1) is 0 Å². The summed E-state index contributed by atoms with van der Waals surface area (Å²) in [5.41, 5.74) is 6.24. The molecule has 1 aromatic rings. The fraction of sp³-hybridized carbons (Fsp3) is 0.750. The van der Waals surface area contributed by atoms with E-state index >= 15 is 0 Å². The number of likely N-dealkylation sites (tertiary alicyclic amines) is 1. The molecule has 0 spiro atoms. The number of amides is 1. The summed E-state index contributed by atoms with van der Waals surface area (Å²) in [7, 11) is 0. The number of anilines is 1. The molecule has 0 atom stereocenters. The Balaban J connectivity index is 2.03. The lowest BCUT2D eigenvalue weighted by Gasteiger charge is -2.26. The molecular weight excluding hydrogens is 328 g/mol. The van der Waals surface area contributed by atoms with Gasteiger partial charge in [0.2, 0.25) is 0 Å². The van der Waals surface area contributed by atoms with Crippen molar-refractivity contribution in [1.82, 2.24) is 14.4 Å². The molecule has 23 heavy (non-hydrogen) atoms. The SMILES string of the molecule is CCN(CC)CCCn1c(N)c(C(=O)N2CCCCC2)sc1=S. The van der Waals surface area contributed by atoms with Crippen LogP contribution in [0, 0.1) is 3.95 Å². The number of hydrogen-bond acceptors (Lipinski definition) is 5. The molecule has 1 saturated heterocycles. The Bertz CT molecular complexity index is 571. The van der Waals surface area contributed by atoms with Gasteiger partial charge in [0.1, 0.15) is 10.7 Å². The lowest BCUT2D eigenvalue weighted by Crippen LogP contribution is -2.35.